The monoisotopic (exact) mass is 327 g/mol. The van der Waals surface area contributed by atoms with Crippen LogP contribution in [0.15, 0.2) is 24.4 Å². The normalized spacial score (nSPS) is 10.7. The molecule has 2 aromatic rings. The molecule has 0 amide bonds. The van der Waals surface area contributed by atoms with Crippen LogP contribution in [0.3, 0.4) is 0 Å². The Labute approximate surface area is 132 Å². The van der Waals surface area contributed by atoms with Gasteiger partial charge in [0, 0.05) is 18.8 Å². The minimum absolute atomic E-state index is 0.221. The molecule has 0 aliphatic heterocycles. The van der Waals surface area contributed by atoms with Gasteiger partial charge in [-0.1, -0.05) is 30.1 Å². The molecule has 0 unspecified atom stereocenters. The fourth-order valence-electron chi connectivity index (χ4n) is 2.20. The maximum Gasteiger partial charge on any atom is 0.341 e. The molecule has 0 aliphatic carbocycles. The highest BCUT2D eigenvalue weighted by Gasteiger charge is 2.17. The number of carbonyl (C=O) groups is 1. The first-order valence-corrected chi connectivity index (χ1v) is 7.18. The van der Waals surface area contributed by atoms with Crippen LogP contribution in [0.1, 0.15) is 12.5 Å². The molecule has 0 atom stereocenters. The molecule has 0 spiro atoms. The zero-order chi connectivity index (χ0) is 15.6. The van der Waals surface area contributed by atoms with Crippen LogP contribution >= 0.6 is 23.2 Å². The number of hydrogen-bond donors (Lipinski definition) is 1. The van der Waals surface area contributed by atoms with Crippen molar-refractivity contribution >= 4 is 29.2 Å². The molecule has 21 heavy (non-hydrogen) atoms. The molecular weight excluding hydrogens is 313 g/mol. The number of aliphatic carboxylic acids is 1. The summed E-state index contributed by atoms with van der Waals surface area (Å²) in [5, 5.41) is 9.22. The molecular formula is C15H15Cl2NO3. The summed E-state index contributed by atoms with van der Waals surface area (Å²) in [4.78, 5) is 10.5. The Kier molecular flexibility index (Phi) is 4.80. The first kappa shape index (κ1) is 15.7. The van der Waals surface area contributed by atoms with Crippen LogP contribution in [0.2, 0.25) is 10.0 Å². The number of benzene rings is 1. The Morgan fingerprint density at radius 2 is 2.00 bits per heavy atom. The van der Waals surface area contributed by atoms with E-state index < -0.39 is 12.6 Å². The van der Waals surface area contributed by atoms with E-state index in [9.17, 15) is 4.79 Å². The van der Waals surface area contributed by atoms with Crippen LogP contribution in [-0.2, 0) is 18.3 Å². The van der Waals surface area contributed by atoms with E-state index in [4.69, 9.17) is 33.0 Å². The summed E-state index contributed by atoms with van der Waals surface area (Å²) >= 11 is 12.5. The Morgan fingerprint density at radius 1 is 1.29 bits per heavy atom. The van der Waals surface area contributed by atoms with E-state index in [1.807, 2.05) is 23.9 Å². The SMILES string of the molecule is CCc1ccn(C)c1-c1ccc(OCC(=O)O)c(Cl)c1Cl. The molecule has 1 N–H and O–H groups in total. The van der Waals surface area contributed by atoms with Gasteiger partial charge in [0.2, 0.25) is 0 Å². The third kappa shape index (κ3) is 3.17. The summed E-state index contributed by atoms with van der Waals surface area (Å²) < 4.78 is 7.10. The number of aromatic nitrogens is 1. The molecule has 0 fully saturated rings. The molecule has 1 heterocycles. The zero-order valence-electron chi connectivity index (χ0n) is 11.7. The summed E-state index contributed by atoms with van der Waals surface area (Å²) in [5.41, 5.74) is 2.96. The first-order valence-electron chi connectivity index (χ1n) is 6.42. The van der Waals surface area contributed by atoms with Gasteiger partial charge in [-0.3, -0.25) is 0 Å². The van der Waals surface area contributed by atoms with Crippen molar-refractivity contribution in [1.29, 1.82) is 0 Å². The molecule has 0 aliphatic rings. The summed E-state index contributed by atoms with van der Waals surface area (Å²) in [6.07, 6.45) is 2.84. The maximum atomic E-state index is 10.5. The Morgan fingerprint density at radius 3 is 2.62 bits per heavy atom. The Hall–Kier alpha value is -1.65. The number of ether oxygens (including phenoxy) is 1. The van der Waals surface area contributed by atoms with Crippen molar-refractivity contribution in [3.8, 4) is 17.0 Å². The number of halogens is 2. The lowest BCUT2D eigenvalue weighted by molar-refractivity contribution is -0.139. The molecule has 2 rings (SSSR count). The van der Waals surface area contributed by atoms with Crippen molar-refractivity contribution in [2.24, 2.45) is 7.05 Å². The van der Waals surface area contributed by atoms with E-state index in [0.29, 0.717) is 5.02 Å². The van der Waals surface area contributed by atoms with Gasteiger partial charge in [-0.25, -0.2) is 4.79 Å². The topological polar surface area (TPSA) is 51.5 Å². The molecule has 4 nitrogen and oxygen atoms in total. The average molecular weight is 328 g/mol. The number of hydrogen-bond acceptors (Lipinski definition) is 2. The predicted octanol–water partition coefficient (Wildman–Crippen LogP) is 4.02. The van der Waals surface area contributed by atoms with Gasteiger partial charge in [0.15, 0.2) is 6.61 Å². The molecule has 0 radical (unpaired) electrons. The van der Waals surface area contributed by atoms with Gasteiger partial charge in [-0.15, -0.1) is 0 Å². The number of carboxylic acid groups (broad SMARTS) is 1. The standard InChI is InChI=1S/C15H15Cl2NO3/c1-3-9-6-7-18(2)15(9)10-4-5-11(14(17)13(10)16)21-8-12(19)20/h4-7H,3,8H2,1-2H3,(H,19,20). The second-order valence-corrected chi connectivity index (χ2v) is 5.33. The predicted molar refractivity (Wildman–Crippen MR) is 83.4 cm³/mol. The first-order chi connectivity index (χ1) is 9.95. The van der Waals surface area contributed by atoms with Crippen LogP contribution in [0, 0.1) is 0 Å². The van der Waals surface area contributed by atoms with Crippen molar-refractivity contribution in [2.75, 3.05) is 6.61 Å². The van der Waals surface area contributed by atoms with Crippen LogP contribution in [0.5, 0.6) is 5.75 Å². The Bertz CT molecular complexity index is 680. The largest absolute Gasteiger partial charge is 0.480 e. The van der Waals surface area contributed by atoms with E-state index >= 15 is 0 Å². The van der Waals surface area contributed by atoms with Crippen molar-refractivity contribution in [2.45, 2.75) is 13.3 Å². The van der Waals surface area contributed by atoms with Gasteiger partial charge in [0.05, 0.1) is 10.7 Å². The van der Waals surface area contributed by atoms with Gasteiger partial charge in [-0.2, -0.15) is 0 Å². The molecule has 6 heteroatoms. The third-order valence-corrected chi connectivity index (χ3v) is 4.05. The van der Waals surface area contributed by atoms with Gasteiger partial charge in [0.1, 0.15) is 10.8 Å². The van der Waals surface area contributed by atoms with Gasteiger partial charge in [-0.05, 0) is 30.2 Å². The van der Waals surface area contributed by atoms with Crippen LogP contribution in [0.4, 0.5) is 0 Å². The van der Waals surface area contributed by atoms with E-state index in [-0.39, 0.29) is 10.8 Å². The van der Waals surface area contributed by atoms with Crippen LogP contribution < -0.4 is 4.74 Å². The number of aryl methyl sites for hydroxylation is 2. The molecule has 1 aromatic heterocycles. The molecule has 0 bridgehead atoms. The number of nitrogens with zero attached hydrogens (tertiary/aromatic N) is 1. The lowest BCUT2D eigenvalue weighted by Crippen LogP contribution is -2.09. The lowest BCUT2D eigenvalue weighted by Gasteiger charge is -2.13. The van der Waals surface area contributed by atoms with E-state index in [1.165, 1.54) is 0 Å². The molecule has 1 aromatic carbocycles. The highest BCUT2D eigenvalue weighted by molar-refractivity contribution is 6.44. The van der Waals surface area contributed by atoms with E-state index in [0.717, 1.165) is 23.2 Å². The minimum Gasteiger partial charge on any atom is -0.480 e. The zero-order valence-corrected chi connectivity index (χ0v) is 13.2. The van der Waals surface area contributed by atoms with Gasteiger partial charge < -0.3 is 14.4 Å². The maximum absolute atomic E-state index is 10.5. The third-order valence-electron chi connectivity index (χ3n) is 3.19. The number of rotatable bonds is 5. The van der Waals surface area contributed by atoms with E-state index in [1.54, 1.807) is 12.1 Å². The fourth-order valence-corrected chi connectivity index (χ4v) is 2.66. The van der Waals surface area contributed by atoms with Crippen LogP contribution in [0.25, 0.3) is 11.3 Å². The van der Waals surface area contributed by atoms with Crippen molar-refractivity contribution < 1.29 is 14.6 Å². The van der Waals surface area contributed by atoms with Gasteiger partial charge >= 0.3 is 5.97 Å². The quantitative estimate of drug-likeness (QED) is 0.902. The summed E-state index contributed by atoms with van der Waals surface area (Å²) in [5.74, 6) is -0.804. The smallest absolute Gasteiger partial charge is 0.341 e. The fraction of sp³-hybridized carbons (Fsp3) is 0.267. The molecule has 0 saturated carbocycles. The molecule has 112 valence electrons. The minimum atomic E-state index is -1.07. The van der Waals surface area contributed by atoms with Crippen molar-refractivity contribution in [3.05, 3.63) is 40.0 Å². The second kappa shape index (κ2) is 6.41. The summed E-state index contributed by atoms with van der Waals surface area (Å²) in [6.45, 7) is 1.61. The highest BCUT2D eigenvalue weighted by atomic mass is 35.5. The second-order valence-electron chi connectivity index (χ2n) is 4.58. The highest BCUT2D eigenvalue weighted by Crippen LogP contribution is 2.40. The number of carboxylic acids is 1. The van der Waals surface area contributed by atoms with Gasteiger partial charge in [0.25, 0.3) is 0 Å². The summed E-state index contributed by atoms with van der Waals surface area (Å²) in [6, 6.07) is 5.47. The van der Waals surface area contributed by atoms with E-state index in [2.05, 4.69) is 6.92 Å². The molecule has 0 saturated heterocycles. The summed E-state index contributed by atoms with van der Waals surface area (Å²) in [7, 11) is 1.94. The lowest BCUT2D eigenvalue weighted by atomic mass is 10.1. The van der Waals surface area contributed by atoms with Crippen molar-refractivity contribution in [3.63, 3.8) is 0 Å². The van der Waals surface area contributed by atoms with Crippen molar-refractivity contribution in [1.82, 2.24) is 4.57 Å². The average Bonchev–Trinajstić information content (AvgIpc) is 2.81. The Balaban J connectivity index is 2.45. The van der Waals surface area contributed by atoms with Crippen LogP contribution in [-0.4, -0.2) is 22.2 Å².